The standard InChI is InChI=1S/C19H17NO3S/c1-13(2)20-18(21)17(24-19(20)22)12-14-7-6-10-16(11-14)23-15-8-4-3-5-9-15/h3-13H,1-2H3/b17-12+. The topological polar surface area (TPSA) is 46.6 Å². The van der Waals surface area contributed by atoms with Crippen LogP contribution in [0.3, 0.4) is 0 Å². The van der Waals surface area contributed by atoms with Crippen molar-refractivity contribution in [2.45, 2.75) is 19.9 Å². The van der Waals surface area contributed by atoms with Crippen LogP contribution in [0.5, 0.6) is 11.5 Å². The van der Waals surface area contributed by atoms with Crippen LogP contribution in [0.25, 0.3) is 6.08 Å². The van der Waals surface area contributed by atoms with E-state index >= 15 is 0 Å². The second kappa shape index (κ2) is 6.93. The Morgan fingerprint density at radius 2 is 1.71 bits per heavy atom. The molecular weight excluding hydrogens is 322 g/mol. The third-order valence-electron chi connectivity index (χ3n) is 3.47. The first-order valence-corrected chi connectivity index (χ1v) is 8.46. The number of carbonyl (C=O) groups is 2. The van der Waals surface area contributed by atoms with Crippen LogP contribution in [0.2, 0.25) is 0 Å². The number of hydrogen-bond donors (Lipinski definition) is 0. The molecule has 0 spiro atoms. The molecule has 0 bridgehead atoms. The Bertz CT molecular complexity index is 799. The number of ether oxygens (including phenoxy) is 1. The molecule has 0 unspecified atom stereocenters. The zero-order valence-electron chi connectivity index (χ0n) is 13.4. The third kappa shape index (κ3) is 3.51. The summed E-state index contributed by atoms with van der Waals surface area (Å²) in [6.45, 7) is 3.65. The van der Waals surface area contributed by atoms with Crippen LogP contribution in [0, 0.1) is 0 Å². The quantitative estimate of drug-likeness (QED) is 0.742. The molecule has 1 saturated heterocycles. The number of benzene rings is 2. The zero-order valence-corrected chi connectivity index (χ0v) is 14.2. The number of hydrogen-bond acceptors (Lipinski definition) is 4. The second-order valence-electron chi connectivity index (χ2n) is 5.63. The van der Waals surface area contributed by atoms with Crippen molar-refractivity contribution in [1.29, 1.82) is 0 Å². The molecule has 1 fully saturated rings. The Morgan fingerprint density at radius 1 is 1.00 bits per heavy atom. The Kier molecular flexibility index (Phi) is 4.71. The Hall–Kier alpha value is -2.53. The van der Waals surface area contributed by atoms with Crippen LogP contribution < -0.4 is 4.74 Å². The summed E-state index contributed by atoms with van der Waals surface area (Å²) >= 11 is 0.973. The minimum Gasteiger partial charge on any atom is -0.457 e. The Morgan fingerprint density at radius 3 is 2.38 bits per heavy atom. The van der Waals surface area contributed by atoms with E-state index in [0.717, 1.165) is 23.1 Å². The molecule has 0 atom stereocenters. The molecule has 3 rings (SSSR count). The van der Waals surface area contributed by atoms with E-state index in [-0.39, 0.29) is 17.2 Å². The number of rotatable bonds is 4. The van der Waals surface area contributed by atoms with Gasteiger partial charge in [0.1, 0.15) is 11.5 Å². The van der Waals surface area contributed by atoms with E-state index in [4.69, 9.17) is 4.74 Å². The second-order valence-corrected chi connectivity index (χ2v) is 6.63. The maximum Gasteiger partial charge on any atom is 0.293 e. The highest BCUT2D eigenvalue weighted by Crippen LogP contribution is 2.34. The molecule has 2 aromatic carbocycles. The fourth-order valence-electron chi connectivity index (χ4n) is 2.37. The van der Waals surface area contributed by atoms with E-state index in [2.05, 4.69) is 0 Å². The van der Waals surface area contributed by atoms with Crippen LogP contribution in [-0.4, -0.2) is 22.1 Å². The van der Waals surface area contributed by atoms with Gasteiger partial charge in [0.2, 0.25) is 0 Å². The molecule has 122 valence electrons. The van der Waals surface area contributed by atoms with Crippen LogP contribution in [0.15, 0.2) is 59.5 Å². The highest BCUT2D eigenvalue weighted by molar-refractivity contribution is 8.18. The van der Waals surface area contributed by atoms with E-state index < -0.39 is 0 Å². The molecule has 24 heavy (non-hydrogen) atoms. The van der Waals surface area contributed by atoms with Gasteiger partial charge in [0.05, 0.1) is 4.91 Å². The largest absolute Gasteiger partial charge is 0.457 e. The number of thioether (sulfide) groups is 1. The van der Waals surface area contributed by atoms with Crippen molar-refractivity contribution in [3.05, 3.63) is 65.1 Å². The van der Waals surface area contributed by atoms with Gasteiger partial charge >= 0.3 is 0 Å². The van der Waals surface area contributed by atoms with Gasteiger partial charge in [-0.25, -0.2) is 0 Å². The maximum atomic E-state index is 12.3. The van der Waals surface area contributed by atoms with Crippen LogP contribution >= 0.6 is 11.8 Å². The van der Waals surface area contributed by atoms with E-state index in [1.54, 1.807) is 6.08 Å². The van der Waals surface area contributed by atoms with Crippen LogP contribution in [0.4, 0.5) is 4.79 Å². The third-order valence-corrected chi connectivity index (χ3v) is 4.36. The van der Waals surface area contributed by atoms with Crippen molar-refractivity contribution in [3.8, 4) is 11.5 Å². The van der Waals surface area contributed by atoms with Crippen LogP contribution in [0.1, 0.15) is 19.4 Å². The van der Waals surface area contributed by atoms with Crippen molar-refractivity contribution >= 4 is 29.0 Å². The normalized spacial score (nSPS) is 16.3. The average molecular weight is 339 g/mol. The van der Waals surface area contributed by atoms with E-state index in [0.29, 0.717) is 10.7 Å². The summed E-state index contributed by atoms with van der Waals surface area (Å²) in [5.41, 5.74) is 0.817. The summed E-state index contributed by atoms with van der Waals surface area (Å²) in [6.07, 6.45) is 1.73. The summed E-state index contributed by atoms with van der Waals surface area (Å²) in [4.78, 5) is 26.0. The first-order chi connectivity index (χ1) is 11.5. The van der Waals surface area contributed by atoms with Crippen molar-refractivity contribution < 1.29 is 14.3 Å². The number of carbonyl (C=O) groups excluding carboxylic acids is 2. The highest BCUT2D eigenvalue weighted by atomic mass is 32.2. The van der Waals surface area contributed by atoms with Gasteiger partial charge in [-0.2, -0.15) is 0 Å². The summed E-state index contributed by atoms with van der Waals surface area (Å²) in [7, 11) is 0. The van der Waals surface area contributed by atoms with Gasteiger partial charge in [0.15, 0.2) is 0 Å². The molecule has 0 N–H and O–H groups in total. The lowest BCUT2D eigenvalue weighted by Crippen LogP contribution is -2.34. The van der Waals surface area contributed by atoms with Gasteiger partial charge in [-0.1, -0.05) is 30.3 Å². The molecule has 4 nitrogen and oxygen atoms in total. The van der Waals surface area contributed by atoms with Crippen molar-refractivity contribution in [2.75, 3.05) is 0 Å². The van der Waals surface area contributed by atoms with Gasteiger partial charge in [-0.3, -0.25) is 14.5 Å². The fraction of sp³-hybridized carbons (Fsp3) is 0.158. The SMILES string of the molecule is CC(C)N1C(=O)S/C(=C/c2cccc(Oc3ccccc3)c2)C1=O. The fourth-order valence-corrected chi connectivity index (χ4v) is 3.33. The summed E-state index contributed by atoms with van der Waals surface area (Å²) in [6, 6.07) is 16.8. The van der Waals surface area contributed by atoms with Crippen molar-refractivity contribution in [1.82, 2.24) is 4.90 Å². The first-order valence-electron chi connectivity index (χ1n) is 7.64. The molecule has 1 aliphatic heterocycles. The monoisotopic (exact) mass is 339 g/mol. The molecule has 0 aliphatic carbocycles. The van der Waals surface area contributed by atoms with Gasteiger partial charge in [-0.15, -0.1) is 0 Å². The minimum atomic E-state index is -0.241. The molecule has 1 aliphatic rings. The van der Waals surface area contributed by atoms with E-state index in [1.165, 1.54) is 4.90 Å². The average Bonchev–Trinajstić information content (AvgIpc) is 2.82. The lowest BCUT2D eigenvalue weighted by Gasteiger charge is -2.16. The first kappa shape index (κ1) is 16.3. The number of nitrogens with zero attached hydrogens (tertiary/aromatic N) is 1. The molecule has 2 amide bonds. The van der Waals surface area contributed by atoms with Gasteiger partial charge < -0.3 is 4.74 Å². The predicted octanol–water partition coefficient (Wildman–Crippen LogP) is 4.92. The molecule has 1 heterocycles. The van der Waals surface area contributed by atoms with Gasteiger partial charge in [-0.05, 0) is 61.5 Å². The number of imide groups is 1. The predicted molar refractivity (Wildman–Crippen MR) is 95.9 cm³/mol. The van der Waals surface area contributed by atoms with Gasteiger partial charge in [0, 0.05) is 6.04 Å². The lowest BCUT2D eigenvalue weighted by molar-refractivity contribution is -0.123. The zero-order chi connectivity index (χ0) is 17.1. The lowest BCUT2D eigenvalue weighted by atomic mass is 10.2. The highest BCUT2D eigenvalue weighted by Gasteiger charge is 2.36. The molecule has 2 aromatic rings. The Labute approximate surface area is 145 Å². The van der Waals surface area contributed by atoms with Crippen molar-refractivity contribution in [3.63, 3.8) is 0 Å². The van der Waals surface area contributed by atoms with E-state index in [1.807, 2.05) is 68.4 Å². The number of amides is 2. The summed E-state index contributed by atoms with van der Waals surface area (Å²) in [5.74, 6) is 1.18. The van der Waals surface area contributed by atoms with Crippen molar-refractivity contribution in [2.24, 2.45) is 0 Å². The smallest absolute Gasteiger partial charge is 0.293 e. The maximum absolute atomic E-state index is 12.3. The summed E-state index contributed by atoms with van der Waals surface area (Å²) in [5, 5.41) is -0.224. The molecular formula is C19H17NO3S. The van der Waals surface area contributed by atoms with Crippen LogP contribution in [-0.2, 0) is 4.79 Å². The molecule has 5 heteroatoms. The molecule has 0 radical (unpaired) electrons. The minimum absolute atomic E-state index is 0.142. The van der Waals surface area contributed by atoms with E-state index in [9.17, 15) is 9.59 Å². The number of para-hydroxylation sites is 1. The van der Waals surface area contributed by atoms with Gasteiger partial charge in [0.25, 0.3) is 11.1 Å². The molecule has 0 saturated carbocycles. The Balaban J connectivity index is 1.82. The summed E-state index contributed by atoms with van der Waals surface area (Å²) < 4.78 is 5.79. The molecule has 0 aromatic heterocycles.